The zero-order valence-electron chi connectivity index (χ0n) is 13.0. The molecule has 0 atom stereocenters. The number of benzene rings is 1. The highest BCUT2D eigenvalue weighted by Gasteiger charge is 1.82. The van der Waals surface area contributed by atoms with Gasteiger partial charge in [-0.3, -0.25) is 0 Å². The molecule has 1 aromatic rings. The number of hydrogen-bond acceptors (Lipinski definition) is 0. The Balaban J connectivity index is -0.0000000937. The second-order valence-corrected chi connectivity index (χ2v) is 3.11. The summed E-state index contributed by atoms with van der Waals surface area (Å²) < 4.78 is 0. The fourth-order valence-corrected chi connectivity index (χ4v) is 0.703. The minimum absolute atomic E-state index is 0. The molecule has 0 radical (unpaired) electrons. The Morgan fingerprint density at radius 2 is 1.22 bits per heavy atom. The summed E-state index contributed by atoms with van der Waals surface area (Å²) in [5.41, 5.74) is 2.47. The minimum atomic E-state index is 0. The first-order valence-electron chi connectivity index (χ1n) is 6.93. The van der Waals surface area contributed by atoms with Crippen LogP contribution in [0.1, 0.15) is 72.9 Å². The normalized spacial score (nSPS) is 6.83. The molecule has 0 amide bonds. The van der Waals surface area contributed by atoms with Crippen LogP contribution in [0.25, 0.3) is 6.08 Å². The third-order valence-electron chi connectivity index (χ3n) is 1.81. The fraction of sp³-hybridized carbons (Fsp3) is 0.556. The van der Waals surface area contributed by atoms with Gasteiger partial charge in [-0.2, -0.15) is 0 Å². The maximum absolute atomic E-state index is 3.66. The molecule has 0 nitrogen and oxygen atoms in total. The molecule has 0 N–H and O–H groups in total. The van der Waals surface area contributed by atoms with Gasteiger partial charge in [0, 0.05) is 0 Å². The molecule has 0 aliphatic carbocycles. The van der Waals surface area contributed by atoms with Crippen LogP contribution in [0.3, 0.4) is 0 Å². The van der Waals surface area contributed by atoms with Gasteiger partial charge in [0.2, 0.25) is 0 Å². The molecule has 1 rings (SSSR count). The molecule has 0 spiro atoms. The van der Waals surface area contributed by atoms with Gasteiger partial charge >= 0.3 is 0 Å². The number of unbranched alkanes of at least 4 members (excludes halogenated alkanes) is 1. The Hall–Kier alpha value is -1.04. The molecule has 1 aromatic carbocycles. The van der Waals surface area contributed by atoms with Crippen molar-refractivity contribution in [1.29, 1.82) is 0 Å². The average Bonchev–Trinajstić information content (AvgIpc) is 2.44. The van der Waals surface area contributed by atoms with Crippen LogP contribution in [0.4, 0.5) is 0 Å². The van der Waals surface area contributed by atoms with E-state index in [1.807, 2.05) is 33.8 Å². The van der Waals surface area contributed by atoms with Crippen LogP contribution in [0.2, 0.25) is 0 Å². The predicted octanol–water partition coefficient (Wildman–Crippen LogP) is 7.13. The van der Waals surface area contributed by atoms with Gasteiger partial charge in [-0.05, 0) is 12.5 Å². The third kappa shape index (κ3) is 20.4. The molecule has 0 aromatic heterocycles. The van der Waals surface area contributed by atoms with Crippen molar-refractivity contribution in [1.82, 2.24) is 0 Å². The Labute approximate surface area is 117 Å². The molecule has 0 aliphatic heterocycles. The van der Waals surface area contributed by atoms with E-state index in [4.69, 9.17) is 0 Å². The monoisotopic (exact) mass is 252 g/mol. The van der Waals surface area contributed by atoms with E-state index in [1.165, 1.54) is 24.0 Å². The van der Waals surface area contributed by atoms with Gasteiger partial charge in [0.15, 0.2) is 0 Å². The summed E-state index contributed by atoms with van der Waals surface area (Å²) in [6.45, 7) is 18.1. The van der Waals surface area contributed by atoms with E-state index in [2.05, 4.69) is 51.6 Å². The van der Waals surface area contributed by atoms with E-state index in [-0.39, 0.29) is 7.43 Å². The van der Waals surface area contributed by atoms with Crippen LogP contribution in [-0.2, 0) is 0 Å². The van der Waals surface area contributed by atoms with Crippen LogP contribution in [0.5, 0.6) is 0 Å². The standard InChI is InChI=1S/C9H10.C4H10.2C2H6.CH4/c1-3-9-6-4-8(2)5-7-9;1-3-4-2;2*1-2;/h3-7H,1H2,2H3;3-4H2,1-2H3;2*1-2H3;1H4. The second kappa shape index (κ2) is 25.0. The summed E-state index contributed by atoms with van der Waals surface area (Å²) >= 11 is 0. The van der Waals surface area contributed by atoms with E-state index < -0.39 is 0 Å². The van der Waals surface area contributed by atoms with Crippen LogP contribution >= 0.6 is 0 Å². The van der Waals surface area contributed by atoms with Crippen molar-refractivity contribution in [2.45, 2.75) is 68.7 Å². The van der Waals surface area contributed by atoms with Crippen LogP contribution in [0, 0.1) is 6.92 Å². The van der Waals surface area contributed by atoms with Crippen molar-refractivity contribution in [3.05, 3.63) is 42.0 Å². The second-order valence-electron chi connectivity index (χ2n) is 3.11. The maximum Gasteiger partial charge on any atom is -0.0262 e. The SMILES string of the molecule is C.C=Cc1ccc(C)cc1.CC.CC.CCCC. The number of aryl methyl sites for hydroxylation is 1. The first-order chi connectivity index (χ1) is 8.24. The van der Waals surface area contributed by atoms with Gasteiger partial charge < -0.3 is 0 Å². The van der Waals surface area contributed by atoms with Crippen molar-refractivity contribution in [2.24, 2.45) is 0 Å². The van der Waals surface area contributed by atoms with Crippen molar-refractivity contribution in [3.8, 4) is 0 Å². The third-order valence-corrected chi connectivity index (χ3v) is 1.81. The highest BCUT2D eigenvalue weighted by atomic mass is 13.9. The fourth-order valence-electron chi connectivity index (χ4n) is 0.703. The number of hydrogen-bond donors (Lipinski definition) is 0. The number of rotatable bonds is 2. The quantitative estimate of drug-likeness (QED) is 0.525. The highest BCUT2D eigenvalue weighted by Crippen LogP contribution is 2.02. The molecule has 0 heterocycles. The largest absolute Gasteiger partial charge is 0.0985 e. The summed E-state index contributed by atoms with van der Waals surface area (Å²) in [7, 11) is 0. The van der Waals surface area contributed by atoms with Gasteiger partial charge in [-0.15, -0.1) is 0 Å². The minimum Gasteiger partial charge on any atom is -0.0985 e. The van der Waals surface area contributed by atoms with Crippen LogP contribution < -0.4 is 0 Å². The Morgan fingerprint density at radius 1 is 0.889 bits per heavy atom. The molecular weight excluding hydrogens is 216 g/mol. The molecule has 18 heavy (non-hydrogen) atoms. The molecule has 0 unspecified atom stereocenters. The van der Waals surface area contributed by atoms with E-state index in [9.17, 15) is 0 Å². The summed E-state index contributed by atoms with van der Waals surface area (Å²) in [6, 6.07) is 8.28. The molecular formula is C18H36. The van der Waals surface area contributed by atoms with Gasteiger partial charge in [-0.1, -0.05) is 104 Å². The summed E-state index contributed by atoms with van der Waals surface area (Å²) in [4.78, 5) is 0. The molecule has 0 aliphatic rings. The topological polar surface area (TPSA) is 0 Å². The van der Waals surface area contributed by atoms with E-state index in [0.29, 0.717) is 0 Å². The summed E-state index contributed by atoms with van der Waals surface area (Å²) in [5.74, 6) is 0. The van der Waals surface area contributed by atoms with Crippen molar-refractivity contribution in [3.63, 3.8) is 0 Å². The maximum atomic E-state index is 3.66. The summed E-state index contributed by atoms with van der Waals surface area (Å²) in [5, 5.41) is 0. The van der Waals surface area contributed by atoms with Crippen molar-refractivity contribution >= 4 is 6.08 Å². The lowest BCUT2D eigenvalue weighted by atomic mass is 10.2. The first-order valence-corrected chi connectivity index (χ1v) is 6.93. The molecule has 0 saturated carbocycles. The summed E-state index contributed by atoms with van der Waals surface area (Å²) in [6.07, 6.45) is 4.49. The molecule has 0 fully saturated rings. The lowest BCUT2D eigenvalue weighted by molar-refractivity contribution is 0.886. The molecule has 0 bridgehead atoms. The van der Waals surface area contributed by atoms with E-state index in [1.54, 1.807) is 0 Å². The lowest BCUT2D eigenvalue weighted by Gasteiger charge is -1.91. The van der Waals surface area contributed by atoms with Gasteiger partial charge in [0.25, 0.3) is 0 Å². The highest BCUT2D eigenvalue weighted by molar-refractivity contribution is 5.46. The zero-order valence-corrected chi connectivity index (χ0v) is 13.0. The Kier molecular flexibility index (Phi) is 35.7. The smallest absolute Gasteiger partial charge is 0.0262 e. The lowest BCUT2D eigenvalue weighted by Crippen LogP contribution is -1.71. The van der Waals surface area contributed by atoms with E-state index in [0.717, 1.165) is 0 Å². The van der Waals surface area contributed by atoms with Gasteiger partial charge in [0.05, 0.1) is 0 Å². The molecule has 0 saturated heterocycles. The van der Waals surface area contributed by atoms with E-state index >= 15 is 0 Å². The molecule has 108 valence electrons. The van der Waals surface area contributed by atoms with Gasteiger partial charge in [-0.25, -0.2) is 0 Å². The Bertz CT molecular complexity index is 216. The average molecular weight is 252 g/mol. The Morgan fingerprint density at radius 3 is 1.44 bits per heavy atom. The van der Waals surface area contributed by atoms with Crippen LogP contribution in [0.15, 0.2) is 30.8 Å². The van der Waals surface area contributed by atoms with Crippen LogP contribution in [-0.4, -0.2) is 0 Å². The molecule has 0 heteroatoms. The van der Waals surface area contributed by atoms with Crippen molar-refractivity contribution in [2.75, 3.05) is 0 Å². The van der Waals surface area contributed by atoms with Crippen molar-refractivity contribution < 1.29 is 0 Å². The predicted molar refractivity (Wildman–Crippen MR) is 91.3 cm³/mol. The zero-order chi connectivity index (χ0) is 14.1. The van der Waals surface area contributed by atoms with Gasteiger partial charge in [0.1, 0.15) is 0 Å². The first kappa shape index (κ1) is 25.7.